The van der Waals surface area contributed by atoms with Crippen molar-refractivity contribution in [3.63, 3.8) is 0 Å². The van der Waals surface area contributed by atoms with Crippen LogP contribution in [0.1, 0.15) is 11.1 Å². The van der Waals surface area contributed by atoms with E-state index in [1.54, 1.807) is 6.07 Å². The molecule has 1 heterocycles. The zero-order chi connectivity index (χ0) is 16.1. The third-order valence-electron chi connectivity index (χ3n) is 3.91. The lowest BCUT2D eigenvalue weighted by atomic mass is 10.2. The SMILES string of the molecule is Clc1ccc(/C=N\N2CCN(Cc3ccccc3)CC2)cc1Cl. The minimum absolute atomic E-state index is 0.559. The van der Waals surface area contributed by atoms with Crippen molar-refractivity contribution in [2.75, 3.05) is 26.2 Å². The average molecular weight is 348 g/mol. The molecule has 1 saturated heterocycles. The number of nitrogens with zero attached hydrogens (tertiary/aromatic N) is 3. The number of halogens is 2. The molecule has 0 aromatic heterocycles. The third-order valence-corrected chi connectivity index (χ3v) is 4.65. The van der Waals surface area contributed by atoms with Crippen molar-refractivity contribution >= 4 is 29.4 Å². The van der Waals surface area contributed by atoms with Crippen LogP contribution in [-0.4, -0.2) is 42.3 Å². The van der Waals surface area contributed by atoms with Gasteiger partial charge in [0, 0.05) is 32.7 Å². The van der Waals surface area contributed by atoms with Gasteiger partial charge in [0.25, 0.3) is 0 Å². The van der Waals surface area contributed by atoms with E-state index in [0.29, 0.717) is 10.0 Å². The van der Waals surface area contributed by atoms with Crippen LogP contribution in [0, 0.1) is 0 Å². The van der Waals surface area contributed by atoms with E-state index in [9.17, 15) is 0 Å². The van der Waals surface area contributed by atoms with Crippen LogP contribution in [0.2, 0.25) is 10.0 Å². The fraction of sp³-hybridized carbons (Fsp3) is 0.278. The molecule has 1 aliphatic rings. The second kappa shape index (κ2) is 7.82. The largest absolute Gasteiger partial charge is 0.295 e. The highest BCUT2D eigenvalue weighted by Crippen LogP contribution is 2.21. The molecular formula is C18H19Cl2N3. The van der Waals surface area contributed by atoms with Gasteiger partial charge in [-0.3, -0.25) is 9.91 Å². The monoisotopic (exact) mass is 347 g/mol. The molecule has 2 aromatic rings. The summed E-state index contributed by atoms with van der Waals surface area (Å²) >= 11 is 11.9. The van der Waals surface area contributed by atoms with E-state index in [1.807, 2.05) is 18.3 Å². The molecule has 0 unspecified atom stereocenters. The van der Waals surface area contributed by atoms with Crippen molar-refractivity contribution in [3.05, 3.63) is 69.7 Å². The molecule has 23 heavy (non-hydrogen) atoms. The second-order valence-corrected chi connectivity index (χ2v) is 6.45. The molecule has 1 fully saturated rings. The Morgan fingerprint density at radius 2 is 1.65 bits per heavy atom. The highest BCUT2D eigenvalue weighted by atomic mass is 35.5. The van der Waals surface area contributed by atoms with Gasteiger partial charge in [-0.05, 0) is 23.3 Å². The Morgan fingerprint density at radius 1 is 0.913 bits per heavy atom. The summed E-state index contributed by atoms with van der Waals surface area (Å²) in [6.45, 7) is 4.92. The Morgan fingerprint density at radius 3 is 2.35 bits per heavy atom. The van der Waals surface area contributed by atoms with E-state index >= 15 is 0 Å². The summed E-state index contributed by atoms with van der Waals surface area (Å²) < 4.78 is 0. The molecule has 0 saturated carbocycles. The lowest BCUT2D eigenvalue weighted by Gasteiger charge is -2.33. The quantitative estimate of drug-likeness (QED) is 0.773. The molecule has 0 atom stereocenters. The maximum absolute atomic E-state index is 6.02. The molecule has 3 rings (SSSR count). The lowest BCUT2D eigenvalue weighted by Crippen LogP contribution is -2.43. The topological polar surface area (TPSA) is 18.8 Å². The summed E-state index contributed by atoms with van der Waals surface area (Å²) in [5, 5.41) is 7.77. The molecule has 0 amide bonds. The summed E-state index contributed by atoms with van der Waals surface area (Å²) in [5.41, 5.74) is 2.33. The number of hydrogen-bond acceptors (Lipinski definition) is 3. The van der Waals surface area contributed by atoms with Gasteiger partial charge in [-0.15, -0.1) is 0 Å². The van der Waals surface area contributed by atoms with E-state index < -0.39 is 0 Å². The smallest absolute Gasteiger partial charge is 0.0598 e. The average Bonchev–Trinajstić information content (AvgIpc) is 2.58. The predicted molar refractivity (Wildman–Crippen MR) is 97.3 cm³/mol. The molecule has 0 N–H and O–H groups in total. The van der Waals surface area contributed by atoms with Gasteiger partial charge < -0.3 is 0 Å². The van der Waals surface area contributed by atoms with Crippen LogP contribution in [0.4, 0.5) is 0 Å². The molecule has 1 aliphatic heterocycles. The molecular weight excluding hydrogens is 329 g/mol. The number of rotatable bonds is 4. The standard InChI is InChI=1S/C18H19Cl2N3/c19-17-7-6-16(12-18(17)20)13-21-23-10-8-22(9-11-23)14-15-4-2-1-3-5-15/h1-7,12-13H,8-11,14H2/b21-13-. The van der Waals surface area contributed by atoms with Gasteiger partial charge in [-0.1, -0.05) is 59.6 Å². The van der Waals surface area contributed by atoms with Gasteiger partial charge in [0.05, 0.1) is 16.3 Å². The molecule has 120 valence electrons. The molecule has 0 aliphatic carbocycles. The Labute approximate surface area is 147 Å². The maximum atomic E-state index is 6.02. The molecule has 5 heteroatoms. The van der Waals surface area contributed by atoms with Gasteiger partial charge >= 0.3 is 0 Å². The summed E-state index contributed by atoms with van der Waals surface area (Å²) in [6.07, 6.45) is 1.84. The molecule has 2 aromatic carbocycles. The van der Waals surface area contributed by atoms with E-state index in [1.165, 1.54) is 5.56 Å². The predicted octanol–water partition coefficient (Wildman–Crippen LogP) is 4.15. The summed E-state index contributed by atoms with van der Waals surface area (Å²) in [5.74, 6) is 0. The zero-order valence-corrected chi connectivity index (χ0v) is 14.3. The van der Waals surface area contributed by atoms with Crippen LogP contribution in [0.25, 0.3) is 0 Å². The minimum Gasteiger partial charge on any atom is -0.295 e. The summed E-state index contributed by atoms with van der Waals surface area (Å²) in [4.78, 5) is 2.46. The fourth-order valence-corrected chi connectivity index (χ4v) is 2.90. The van der Waals surface area contributed by atoms with Crippen LogP contribution >= 0.6 is 23.2 Å². The second-order valence-electron chi connectivity index (χ2n) is 5.63. The highest BCUT2D eigenvalue weighted by molar-refractivity contribution is 6.42. The van der Waals surface area contributed by atoms with Crippen molar-refractivity contribution < 1.29 is 0 Å². The van der Waals surface area contributed by atoms with Crippen molar-refractivity contribution in [1.82, 2.24) is 9.91 Å². The Balaban J connectivity index is 1.50. The van der Waals surface area contributed by atoms with Crippen LogP contribution < -0.4 is 0 Å². The van der Waals surface area contributed by atoms with Gasteiger partial charge in [-0.2, -0.15) is 5.10 Å². The summed E-state index contributed by atoms with van der Waals surface area (Å²) in [6, 6.07) is 16.1. The molecule has 3 nitrogen and oxygen atoms in total. The van der Waals surface area contributed by atoms with E-state index in [0.717, 1.165) is 38.3 Å². The number of piperazine rings is 1. The van der Waals surface area contributed by atoms with Crippen LogP contribution in [0.3, 0.4) is 0 Å². The van der Waals surface area contributed by atoms with Crippen molar-refractivity contribution in [2.45, 2.75) is 6.54 Å². The third kappa shape index (κ3) is 4.71. The first-order valence-electron chi connectivity index (χ1n) is 7.71. The van der Waals surface area contributed by atoms with E-state index in [2.05, 4.69) is 45.3 Å². The zero-order valence-electron chi connectivity index (χ0n) is 12.8. The Bertz CT molecular complexity index is 665. The fourth-order valence-electron chi connectivity index (χ4n) is 2.59. The van der Waals surface area contributed by atoms with E-state index in [-0.39, 0.29) is 0 Å². The number of hydrogen-bond donors (Lipinski definition) is 0. The maximum Gasteiger partial charge on any atom is 0.0598 e. The van der Waals surface area contributed by atoms with Crippen molar-refractivity contribution in [2.24, 2.45) is 5.10 Å². The Hall–Kier alpha value is -1.55. The molecule has 0 radical (unpaired) electrons. The normalized spacial score (nSPS) is 16.2. The minimum atomic E-state index is 0.559. The first-order chi connectivity index (χ1) is 11.2. The van der Waals surface area contributed by atoms with Gasteiger partial charge in [0.15, 0.2) is 0 Å². The van der Waals surface area contributed by atoms with Gasteiger partial charge in [0.2, 0.25) is 0 Å². The van der Waals surface area contributed by atoms with Gasteiger partial charge in [-0.25, -0.2) is 0 Å². The van der Waals surface area contributed by atoms with Gasteiger partial charge in [0.1, 0.15) is 0 Å². The molecule has 0 bridgehead atoms. The van der Waals surface area contributed by atoms with Crippen LogP contribution in [0.5, 0.6) is 0 Å². The number of hydrazone groups is 1. The van der Waals surface area contributed by atoms with Crippen LogP contribution in [-0.2, 0) is 6.54 Å². The Kier molecular flexibility index (Phi) is 5.55. The van der Waals surface area contributed by atoms with Crippen molar-refractivity contribution in [3.8, 4) is 0 Å². The highest BCUT2D eigenvalue weighted by Gasteiger charge is 2.15. The number of benzene rings is 2. The van der Waals surface area contributed by atoms with Crippen LogP contribution in [0.15, 0.2) is 53.6 Å². The first kappa shape index (κ1) is 16.3. The first-order valence-corrected chi connectivity index (χ1v) is 8.46. The summed E-state index contributed by atoms with van der Waals surface area (Å²) in [7, 11) is 0. The van der Waals surface area contributed by atoms with Crippen molar-refractivity contribution in [1.29, 1.82) is 0 Å². The molecule has 0 spiro atoms. The van der Waals surface area contributed by atoms with E-state index in [4.69, 9.17) is 23.2 Å². The lowest BCUT2D eigenvalue weighted by molar-refractivity contribution is 0.131.